The van der Waals surface area contributed by atoms with Crippen LogP contribution in [0.1, 0.15) is 66.0 Å². The lowest BCUT2D eigenvalue weighted by Crippen LogP contribution is -2.38. The number of fused-ring (bicyclic) bond motifs is 2. The topological polar surface area (TPSA) is 72.0 Å². The number of hydrogen-bond donors (Lipinski definition) is 3. The Balaban J connectivity index is 1.67. The van der Waals surface area contributed by atoms with E-state index < -0.39 is 10.8 Å². The van der Waals surface area contributed by atoms with Gasteiger partial charge in [0.1, 0.15) is 21.6 Å². The van der Waals surface area contributed by atoms with Gasteiger partial charge in [0.2, 0.25) is 0 Å². The highest BCUT2D eigenvalue weighted by molar-refractivity contribution is 7.98. The first kappa shape index (κ1) is 24.0. The Bertz CT molecular complexity index is 1430. The second-order valence-corrected chi connectivity index (χ2v) is 11.7. The maximum absolute atomic E-state index is 13.1. The van der Waals surface area contributed by atoms with Crippen LogP contribution in [-0.4, -0.2) is 22.9 Å². The van der Waals surface area contributed by atoms with Crippen molar-refractivity contribution in [3.8, 4) is 11.7 Å². The number of carbonyl (C=O) groups is 1. The van der Waals surface area contributed by atoms with E-state index in [2.05, 4.69) is 42.4 Å². The molecule has 1 aliphatic carbocycles. The number of benzene rings is 1. The van der Waals surface area contributed by atoms with Crippen molar-refractivity contribution in [2.75, 3.05) is 7.11 Å². The predicted molar refractivity (Wildman–Crippen MR) is 142 cm³/mol. The molecule has 3 aromatic heterocycles. The van der Waals surface area contributed by atoms with Crippen LogP contribution in [0.2, 0.25) is 0 Å². The van der Waals surface area contributed by atoms with Crippen LogP contribution in [-0.2, 0) is 22.0 Å². The third-order valence-corrected chi connectivity index (χ3v) is 7.85. The summed E-state index contributed by atoms with van der Waals surface area (Å²) in [6.45, 7) is 10.0. The van der Waals surface area contributed by atoms with Gasteiger partial charge in [-0.25, -0.2) is 9.55 Å². The van der Waals surface area contributed by atoms with E-state index in [0.717, 1.165) is 50.5 Å². The second-order valence-electron chi connectivity index (χ2n) is 10.2. The van der Waals surface area contributed by atoms with Gasteiger partial charge in [0.05, 0.1) is 25.3 Å². The fourth-order valence-electron chi connectivity index (χ4n) is 5.44. The van der Waals surface area contributed by atoms with E-state index in [1.807, 2.05) is 57.5 Å². The van der Waals surface area contributed by atoms with Crippen LogP contribution in [0.3, 0.4) is 0 Å². The molecule has 0 unspecified atom stereocenters. The number of imidazole rings is 1. The number of rotatable bonds is 5. The Hall–Kier alpha value is -2.71. The van der Waals surface area contributed by atoms with Crippen molar-refractivity contribution in [1.29, 1.82) is 0 Å². The molecule has 1 N–H and O–H groups in total. The fourth-order valence-corrected chi connectivity index (χ4v) is 5.89. The molecule has 3 heterocycles. The van der Waals surface area contributed by atoms with Crippen LogP contribution < -0.4 is 9.30 Å². The van der Waals surface area contributed by atoms with Crippen molar-refractivity contribution < 1.29 is 18.5 Å². The first-order valence-corrected chi connectivity index (χ1v) is 12.6. The summed E-state index contributed by atoms with van der Waals surface area (Å²) in [4.78, 5) is 21.5. The molecule has 0 saturated carbocycles. The molecule has 0 spiro atoms. The Kier molecular flexibility index (Phi) is 5.60. The van der Waals surface area contributed by atoms with Crippen LogP contribution in [0.5, 0.6) is 5.75 Å². The fraction of sp³-hybridized carbons (Fsp3) is 0.370. The number of aromatic amines is 1. The minimum Gasteiger partial charge on any atom is -0.496 e. The summed E-state index contributed by atoms with van der Waals surface area (Å²) in [6.07, 6.45) is 4.22. The molecule has 5 rings (SSSR count). The van der Waals surface area contributed by atoms with E-state index in [9.17, 15) is 4.79 Å². The smallest absolute Gasteiger partial charge is 0.402 e. The molecule has 0 bridgehead atoms. The van der Waals surface area contributed by atoms with E-state index in [1.54, 1.807) is 13.4 Å². The standard InChI is InChI=1S/C27H29N3O3S2/c1-14-20(11-15-8-10-33-22(15)23(34)35)30(9-7-21(14)32-6)25-28-18-12-16-17(13-19(18)29-25)27(4,5)24(31)26(16,2)3/h7-10,12-13,23H,11H2,1-6H3,(H2-,28,29,34,35)/p+1. The summed E-state index contributed by atoms with van der Waals surface area (Å²) in [7, 11) is 1.67. The lowest BCUT2D eigenvalue weighted by Gasteiger charge is -2.21. The molecule has 0 radical (unpaired) electrons. The van der Waals surface area contributed by atoms with Crippen molar-refractivity contribution in [3.63, 3.8) is 0 Å². The number of ketones is 1. The molecule has 182 valence electrons. The summed E-state index contributed by atoms with van der Waals surface area (Å²) < 4.78 is 13.0. The van der Waals surface area contributed by atoms with Gasteiger partial charge in [0, 0.05) is 34.4 Å². The summed E-state index contributed by atoms with van der Waals surface area (Å²) in [5.74, 6) is 2.45. The first-order chi connectivity index (χ1) is 16.5. The monoisotopic (exact) mass is 508 g/mol. The van der Waals surface area contributed by atoms with Gasteiger partial charge >= 0.3 is 5.95 Å². The van der Waals surface area contributed by atoms with Crippen molar-refractivity contribution in [1.82, 2.24) is 9.97 Å². The van der Waals surface area contributed by atoms with Gasteiger partial charge in [-0.1, -0.05) is 4.98 Å². The Morgan fingerprint density at radius 2 is 1.83 bits per heavy atom. The van der Waals surface area contributed by atoms with Crippen LogP contribution >= 0.6 is 25.3 Å². The SMILES string of the molecule is COc1cc[n+](-c2nc3cc4c(cc3[nH]2)C(C)(C)C(=O)C4(C)C)c(Cc2ccoc2C(S)S)c1C. The normalized spacial score (nSPS) is 16.3. The van der Waals surface area contributed by atoms with E-state index >= 15 is 0 Å². The summed E-state index contributed by atoms with van der Waals surface area (Å²) >= 11 is 8.90. The minimum absolute atomic E-state index is 0.234. The lowest BCUT2D eigenvalue weighted by atomic mass is 9.80. The number of thiol groups is 2. The minimum atomic E-state index is -0.547. The maximum atomic E-state index is 13.1. The van der Waals surface area contributed by atoms with Gasteiger partial charge in [0.15, 0.2) is 11.3 Å². The average molecular weight is 509 g/mol. The lowest BCUT2D eigenvalue weighted by molar-refractivity contribution is -0.611. The Labute approximate surface area is 215 Å². The van der Waals surface area contributed by atoms with Gasteiger partial charge < -0.3 is 9.15 Å². The quantitative estimate of drug-likeness (QED) is 0.193. The number of H-pyrrole nitrogens is 1. The number of carbonyl (C=O) groups excluding carboxylic acids is 1. The molecule has 0 fully saturated rings. The number of Topliss-reactive ketones (excluding diaryl/α,β-unsaturated/α-hetero) is 1. The number of nitrogens with zero attached hydrogens (tertiary/aromatic N) is 2. The number of pyridine rings is 1. The molecule has 6 nitrogen and oxygen atoms in total. The average Bonchev–Trinajstić information content (AvgIpc) is 3.47. The zero-order valence-corrected chi connectivity index (χ0v) is 22.6. The van der Waals surface area contributed by atoms with Crippen molar-refractivity contribution >= 4 is 42.1 Å². The van der Waals surface area contributed by atoms with Gasteiger partial charge in [-0.15, -0.1) is 0 Å². The van der Waals surface area contributed by atoms with Crippen molar-refractivity contribution in [3.05, 3.63) is 70.4 Å². The highest BCUT2D eigenvalue weighted by Gasteiger charge is 2.50. The molecule has 4 aromatic rings. The zero-order chi connectivity index (χ0) is 25.3. The van der Waals surface area contributed by atoms with Gasteiger partial charge in [-0.05, 0) is 63.9 Å². The zero-order valence-electron chi connectivity index (χ0n) is 20.8. The number of aromatic nitrogens is 3. The van der Waals surface area contributed by atoms with Gasteiger partial charge in [-0.2, -0.15) is 25.3 Å². The molecular formula is C27H30N3O3S2+. The first-order valence-electron chi connectivity index (χ1n) is 11.6. The number of ether oxygens (including phenoxy) is 1. The van der Waals surface area contributed by atoms with Crippen LogP contribution in [0.4, 0.5) is 0 Å². The van der Waals surface area contributed by atoms with Gasteiger partial charge in [-0.3, -0.25) is 4.79 Å². The van der Waals surface area contributed by atoms with Crippen LogP contribution in [0.15, 0.2) is 41.1 Å². The second kappa shape index (κ2) is 8.17. The van der Waals surface area contributed by atoms with E-state index in [0.29, 0.717) is 12.4 Å². The Morgan fingerprint density at radius 3 is 2.49 bits per heavy atom. The highest BCUT2D eigenvalue weighted by atomic mass is 32.2. The van der Waals surface area contributed by atoms with E-state index in [-0.39, 0.29) is 10.4 Å². The molecule has 0 aliphatic heterocycles. The number of methoxy groups -OCH3 is 1. The molecule has 0 atom stereocenters. The van der Waals surface area contributed by atoms with Crippen LogP contribution in [0.25, 0.3) is 17.0 Å². The summed E-state index contributed by atoms with van der Waals surface area (Å²) in [6, 6.07) is 8.04. The predicted octanol–water partition coefficient (Wildman–Crippen LogP) is 5.34. The molecule has 0 saturated heterocycles. The molecule has 1 aliphatic rings. The summed E-state index contributed by atoms with van der Waals surface area (Å²) in [5.41, 5.74) is 5.77. The largest absolute Gasteiger partial charge is 0.496 e. The third-order valence-electron chi connectivity index (χ3n) is 7.38. The number of furan rings is 1. The van der Waals surface area contributed by atoms with Crippen molar-refractivity contribution in [2.24, 2.45) is 0 Å². The number of hydrogen-bond acceptors (Lipinski definition) is 6. The third kappa shape index (κ3) is 3.61. The maximum Gasteiger partial charge on any atom is 0.402 e. The van der Waals surface area contributed by atoms with Gasteiger partial charge in [0.25, 0.3) is 0 Å². The molecule has 1 aromatic carbocycles. The molecule has 8 heteroatoms. The highest BCUT2D eigenvalue weighted by Crippen LogP contribution is 2.47. The molecule has 35 heavy (non-hydrogen) atoms. The Morgan fingerprint density at radius 1 is 1.14 bits per heavy atom. The summed E-state index contributed by atoms with van der Waals surface area (Å²) in [5, 5.41) is 0. The van der Waals surface area contributed by atoms with E-state index in [1.165, 1.54) is 0 Å². The van der Waals surface area contributed by atoms with E-state index in [4.69, 9.17) is 14.1 Å². The molecule has 0 amide bonds. The molecular weight excluding hydrogens is 478 g/mol. The van der Waals surface area contributed by atoms with Crippen molar-refractivity contribution in [2.45, 2.75) is 56.5 Å². The number of nitrogens with one attached hydrogen (secondary N) is 1. The van der Waals surface area contributed by atoms with Crippen LogP contribution in [0, 0.1) is 6.92 Å².